The monoisotopic (exact) mass is 460 g/mol. The summed E-state index contributed by atoms with van der Waals surface area (Å²) in [5.41, 5.74) is -1.16. The molecule has 1 atom stereocenters. The van der Waals surface area contributed by atoms with Crippen LogP contribution in [0.5, 0.6) is 0 Å². The van der Waals surface area contributed by atoms with Crippen molar-refractivity contribution in [2.24, 2.45) is 0 Å². The summed E-state index contributed by atoms with van der Waals surface area (Å²) in [6.07, 6.45) is 0. The van der Waals surface area contributed by atoms with Crippen LogP contribution in [-0.4, -0.2) is 16.7 Å². The number of benzene rings is 3. The number of anilines is 2. The van der Waals surface area contributed by atoms with Crippen molar-refractivity contribution in [1.29, 1.82) is 0 Å². The van der Waals surface area contributed by atoms with Crippen molar-refractivity contribution in [1.82, 2.24) is 0 Å². The Bertz CT molecular complexity index is 1100. The van der Waals surface area contributed by atoms with Crippen LogP contribution in [-0.2, 0) is 5.72 Å². The molecular formula is C23H19Cl3N2O2. The number of carbonyl (C=O) groups excluding carboxylic acids is 1. The number of hydrogen-bond donors (Lipinski definition) is 1. The zero-order valence-electron chi connectivity index (χ0n) is 16.3. The minimum atomic E-state index is -1.72. The minimum absolute atomic E-state index is 0.382. The van der Waals surface area contributed by atoms with Gasteiger partial charge in [-0.2, -0.15) is 0 Å². The van der Waals surface area contributed by atoms with Gasteiger partial charge in [0.15, 0.2) is 5.72 Å². The maximum atomic E-state index is 13.8. The number of nitrogens with zero attached hydrogens (tertiary/aromatic N) is 2. The highest BCUT2D eigenvalue weighted by molar-refractivity contribution is 6.31. The van der Waals surface area contributed by atoms with E-state index in [9.17, 15) is 9.90 Å². The van der Waals surface area contributed by atoms with Crippen LogP contribution in [0.2, 0.25) is 15.1 Å². The molecule has 0 spiro atoms. The number of urea groups is 1. The molecule has 1 N–H and O–H groups in total. The molecule has 1 heterocycles. The first-order chi connectivity index (χ1) is 14.2. The molecule has 30 heavy (non-hydrogen) atoms. The van der Waals surface area contributed by atoms with Crippen LogP contribution in [0, 0.1) is 0 Å². The zero-order valence-corrected chi connectivity index (χ0v) is 18.6. The molecule has 7 heteroatoms. The van der Waals surface area contributed by atoms with Crippen molar-refractivity contribution in [3.63, 3.8) is 0 Å². The van der Waals surface area contributed by atoms with Crippen LogP contribution in [0.4, 0.5) is 16.2 Å². The Kier molecular flexibility index (Phi) is 5.23. The molecule has 0 radical (unpaired) electrons. The summed E-state index contributed by atoms with van der Waals surface area (Å²) >= 11 is 18.3. The smallest absolute Gasteiger partial charge is 0.332 e. The van der Waals surface area contributed by atoms with Gasteiger partial charge in [-0.05, 0) is 74.5 Å². The van der Waals surface area contributed by atoms with Crippen molar-refractivity contribution in [3.05, 3.63) is 93.4 Å². The third-order valence-corrected chi connectivity index (χ3v) is 6.25. The molecule has 0 saturated carbocycles. The highest BCUT2D eigenvalue weighted by Gasteiger charge is 2.64. The van der Waals surface area contributed by atoms with E-state index in [1.165, 1.54) is 4.90 Å². The van der Waals surface area contributed by atoms with E-state index in [0.717, 1.165) is 0 Å². The summed E-state index contributed by atoms with van der Waals surface area (Å²) in [7, 11) is 0. The lowest BCUT2D eigenvalue weighted by atomic mass is 9.83. The molecule has 0 aromatic heterocycles. The lowest BCUT2D eigenvalue weighted by Crippen LogP contribution is -2.56. The van der Waals surface area contributed by atoms with Gasteiger partial charge in [-0.3, -0.25) is 9.80 Å². The molecule has 1 aliphatic heterocycles. The second-order valence-corrected chi connectivity index (χ2v) is 8.96. The Morgan fingerprint density at radius 2 is 1.23 bits per heavy atom. The molecule has 1 aliphatic rings. The third kappa shape index (κ3) is 3.15. The molecule has 154 valence electrons. The third-order valence-electron chi connectivity index (χ3n) is 5.52. The fraction of sp³-hybridized carbons (Fsp3) is 0.174. The van der Waals surface area contributed by atoms with E-state index in [1.807, 2.05) is 13.8 Å². The summed E-state index contributed by atoms with van der Waals surface area (Å²) in [4.78, 5) is 16.7. The van der Waals surface area contributed by atoms with Gasteiger partial charge < -0.3 is 5.11 Å². The maximum Gasteiger partial charge on any atom is 0.332 e. The zero-order chi connectivity index (χ0) is 21.7. The van der Waals surface area contributed by atoms with Crippen LogP contribution >= 0.6 is 34.8 Å². The van der Waals surface area contributed by atoms with Crippen LogP contribution in [0.1, 0.15) is 19.4 Å². The topological polar surface area (TPSA) is 43.8 Å². The molecule has 4 rings (SSSR count). The van der Waals surface area contributed by atoms with Gasteiger partial charge in [-0.1, -0.05) is 46.9 Å². The lowest BCUT2D eigenvalue weighted by Gasteiger charge is -2.42. The van der Waals surface area contributed by atoms with Gasteiger partial charge in [-0.25, -0.2) is 4.79 Å². The van der Waals surface area contributed by atoms with Gasteiger partial charge in [0.2, 0.25) is 0 Å². The van der Waals surface area contributed by atoms with E-state index in [0.29, 0.717) is 32.0 Å². The molecule has 0 aliphatic carbocycles. The first-order valence-electron chi connectivity index (χ1n) is 9.30. The molecule has 0 bridgehead atoms. The number of amides is 2. The Labute approximate surface area is 190 Å². The van der Waals surface area contributed by atoms with E-state index in [1.54, 1.807) is 77.7 Å². The highest BCUT2D eigenvalue weighted by Crippen LogP contribution is 2.50. The maximum absolute atomic E-state index is 13.8. The van der Waals surface area contributed by atoms with Gasteiger partial charge in [0.05, 0.1) is 5.54 Å². The van der Waals surface area contributed by atoms with Gasteiger partial charge in [-0.15, -0.1) is 0 Å². The number of carbonyl (C=O) groups is 1. The van der Waals surface area contributed by atoms with Crippen molar-refractivity contribution in [2.45, 2.75) is 25.1 Å². The summed E-state index contributed by atoms with van der Waals surface area (Å²) in [5, 5.41) is 13.8. The Morgan fingerprint density at radius 3 is 1.73 bits per heavy atom. The average Bonchev–Trinajstić information content (AvgIpc) is 2.86. The van der Waals surface area contributed by atoms with Crippen molar-refractivity contribution < 1.29 is 9.90 Å². The molecule has 1 fully saturated rings. The van der Waals surface area contributed by atoms with Gasteiger partial charge in [0, 0.05) is 32.0 Å². The summed E-state index contributed by atoms with van der Waals surface area (Å²) in [5.74, 6) is 0. The van der Waals surface area contributed by atoms with E-state index in [4.69, 9.17) is 34.8 Å². The van der Waals surface area contributed by atoms with E-state index >= 15 is 0 Å². The van der Waals surface area contributed by atoms with Crippen LogP contribution in [0.25, 0.3) is 0 Å². The molecule has 2 amide bonds. The van der Waals surface area contributed by atoms with E-state index in [2.05, 4.69) is 0 Å². The summed E-state index contributed by atoms with van der Waals surface area (Å²) < 4.78 is 0. The second-order valence-electron chi connectivity index (χ2n) is 7.65. The molecule has 3 aromatic rings. The SMILES string of the molecule is CC1(C)N(c2ccc(Cl)cc2)C(=O)N(c2ccc(Cl)cc2)C1(O)c1cccc(Cl)c1. The molecule has 1 unspecified atom stereocenters. The van der Waals surface area contributed by atoms with Gasteiger partial charge in [0.1, 0.15) is 0 Å². The number of rotatable bonds is 3. The predicted octanol–water partition coefficient (Wildman–Crippen LogP) is 6.72. The minimum Gasteiger partial charge on any atom is -0.365 e. The van der Waals surface area contributed by atoms with Gasteiger partial charge >= 0.3 is 6.03 Å². The predicted molar refractivity (Wildman–Crippen MR) is 123 cm³/mol. The highest BCUT2D eigenvalue weighted by atomic mass is 35.5. The summed E-state index contributed by atoms with van der Waals surface area (Å²) in [6, 6.07) is 20.2. The standard InChI is InChI=1S/C23H19Cl3N2O2/c1-22(2)23(30,15-4-3-5-18(26)14-15)28(20-12-8-17(25)9-13-20)21(29)27(22)19-10-6-16(24)7-11-19/h3-14,30H,1-2H3. The average molecular weight is 462 g/mol. The largest absolute Gasteiger partial charge is 0.365 e. The lowest BCUT2D eigenvalue weighted by molar-refractivity contribution is -0.00246. The fourth-order valence-electron chi connectivity index (χ4n) is 4.01. The Hall–Kier alpha value is -2.24. The first kappa shape index (κ1) is 21.0. The van der Waals surface area contributed by atoms with Crippen LogP contribution in [0.15, 0.2) is 72.8 Å². The fourth-order valence-corrected chi connectivity index (χ4v) is 4.45. The number of hydrogen-bond acceptors (Lipinski definition) is 2. The normalized spacial score (nSPS) is 20.7. The van der Waals surface area contributed by atoms with Crippen molar-refractivity contribution in [3.8, 4) is 0 Å². The first-order valence-corrected chi connectivity index (χ1v) is 10.4. The van der Waals surface area contributed by atoms with E-state index < -0.39 is 11.3 Å². The van der Waals surface area contributed by atoms with Crippen LogP contribution < -0.4 is 9.80 Å². The van der Waals surface area contributed by atoms with E-state index in [-0.39, 0.29) is 6.03 Å². The van der Waals surface area contributed by atoms with Crippen molar-refractivity contribution >= 4 is 52.2 Å². The van der Waals surface area contributed by atoms with Crippen molar-refractivity contribution in [2.75, 3.05) is 9.80 Å². The Balaban J connectivity index is 1.97. The quantitative estimate of drug-likeness (QED) is 0.470. The number of aliphatic hydroxyl groups is 1. The number of halogens is 3. The molecule has 1 saturated heterocycles. The second kappa shape index (κ2) is 7.47. The Morgan fingerprint density at radius 1 is 0.733 bits per heavy atom. The summed E-state index contributed by atoms with van der Waals surface area (Å²) in [6.45, 7) is 3.63. The molecular weight excluding hydrogens is 443 g/mol. The van der Waals surface area contributed by atoms with Crippen LogP contribution in [0.3, 0.4) is 0 Å². The van der Waals surface area contributed by atoms with Gasteiger partial charge in [0.25, 0.3) is 0 Å². The molecule has 4 nitrogen and oxygen atoms in total. The molecule has 3 aromatic carbocycles.